The average molecular weight is 298 g/mol. The molecule has 0 radical (unpaired) electrons. The zero-order valence-electron chi connectivity index (χ0n) is 12.1. The summed E-state index contributed by atoms with van der Waals surface area (Å²) in [7, 11) is 0. The summed E-state index contributed by atoms with van der Waals surface area (Å²) in [6, 6.07) is 4.75. The SMILES string of the molecule is CCOc1cccc(CC(=O)NC2CCCC(F)(F)C2)n1. The van der Waals surface area contributed by atoms with E-state index >= 15 is 0 Å². The highest BCUT2D eigenvalue weighted by atomic mass is 19.3. The van der Waals surface area contributed by atoms with E-state index in [-0.39, 0.29) is 25.2 Å². The van der Waals surface area contributed by atoms with Crippen LogP contribution >= 0.6 is 0 Å². The molecule has 1 unspecified atom stereocenters. The van der Waals surface area contributed by atoms with Crippen LogP contribution in [-0.4, -0.2) is 29.5 Å². The van der Waals surface area contributed by atoms with E-state index < -0.39 is 12.0 Å². The molecule has 1 amide bonds. The van der Waals surface area contributed by atoms with Gasteiger partial charge in [0, 0.05) is 24.9 Å². The van der Waals surface area contributed by atoms with Crippen LogP contribution in [0.25, 0.3) is 0 Å². The highest BCUT2D eigenvalue weighted by molar-refractivity contribution is 5.78. The van der Waals surface area contributed by atoms with Gasteiger partial charge in [0.05, 0.1) is 18.7 Å². The van der Waals surface area contributed by atoms with Crippen LogP contribution in [0.2, 0.25) is 0 Å². The Hall–Kier alpha value is -1.72. The van der Waals surface area contributed by atoms with Crippen molar-refractivity contribution in [3.8, 4) is 5.88 Å². The molecule has 4 nitrogen and oxygen atoms in total. The summed E-state index contributed by atoms with van der Waals surface area (Å²) in [6.07, 6.45) is 0.759. The molecule has 1 aromatic rings. The number of alkyl halides is 2. The quantitative estimate of drug-likeness (QED) is 0.909. The normalized spacial score (nSPS) is 20.8. The van der Waals surface area contributed by atoms with Gasteiger partial charge in [0.2, 0.25) is 17.7 Å². The van der Waals surface area contributed by atoms with Crippen molar-refractivity contribution >= 4 is 5.91 Å². The van der Waals surface area contributed by atoms with E-state index in [0.717, 1.165) is 0 Å². The third kappa shape index (κ3) is 4.95. The lowest BCUT2D eigenvalue weighted by molar-refractivity contribution is -0.122. The summed E-state index contributed by atoms with van der Waals surface area (Å²) < 4.78 is 31.8. The molecule has 0 bridgehead atoms. The van der Waals surface area contributed by atoms with Gasteiger partial charge in [-0.2, -0.15) is 0 Å². The molecule has 1 fully saturated rings. The Morgan fingerprint density at radius 1 is 1.52 bits per heavy atom. The highest BCUT2D eigenvalue weighted by Crippen LogP contribution is 2.33. The molecular weight excluding hydrogens is 278 g/mol. The first-order valence-corrected chi connectivity index (χ1v) is 7.24. The van der Waals surface area contributed by atoms with Crippen LogP contribution in [0.15, 0.2) is 18.2 Å². The lowest BCUT2D eigenvalue weighted by atomic mass is 9.92. The first kappa shape index (κ1) is 15.7. The van der Waals surface area contributed by atoms with E-state index in [1.165, 1.54) is 0 Å². The minimum absolute atomic E-state index is 0.0724. The molecule has 2 rings (SSSR count). The second kappa shape index (κ2) is 6.83. The fraction of sp³-hybridized carbons (Fsp3) is 0.600. The predicted molar refractivity (Wildman–Crippen MR) is 74.5 cm³/mol. The maximum Gasteiger partial charge on any atom is 0.250 e. The van der Waals surface area contributed by atoms with Crippen molar-refractivity contribution in [1.82, 2.24) is 10.3 Å². The third-order valence-electron chi connectivity index (χ3n) is 3.42. The van der Waals surface area contributed by atoms with Crippen molar-refractivity contribution < 1.29 is 18.3 Å². The lowest BCUT2D eigenvalue weighted by Crippen LogP contribution is -2.42. The van der Waals surface area contributed by atoms with Crippen LogP contribution in [0.5, 0.6) is 5.88 Å². The maximum atomic E-state index is 13.3. The van der Waals surface area contributed by atoms with Crippen molar-refractivity contribution in [2.75, 3.05) is 6.61 Å². The molecule has 1 aliphatic carbocycles. The van der Waals surface area contributed by atoms with E-state index in [4.69, 9.17) is 4.74 Å². The standard InChI is InChI=1S/C15H20F2N2O2/c1-2-21-14-7-3-5-11(19-14)9-13(20)18-12-6-4-8-15(16,17)10-12/h3,5,7,12H,2,4,6,8-10H2,1H3,(H,18,20). The molecule has 6 heteroatoms. The second-order valence-corrected chi connectivity index (χ2v) is 5.29. The van der Waals surface area contributed by atoms with Gasteiger partial charge in [-0.05, 0) is 25.8 Å². The fourth-order valence-corrected chi connectivity index (χ4v) is 2.52. The van der Waals surface area contributed by atoms with Crippen LogP contribution in [0.1, 0.15) is 38.3 Å². The van der Waals surface area contributed by atoms with Gasteiger partial charge in [-0.1, -0.05) is 6.07 Å². The number of hydrogen-bond donors (Lipinski definition) is 1. The van der Waals surface area contributed by atoms with Gasteiger partial charge in [0.1, 0.15) is 0 Å². The zero-order valence-corrected chi connectivity index (χ0v) is 12.1. The van der Waals surface area contributed by atoms with Gasteiger partial charge in [0.15, 0.2) is 0 Å². The molecular formula is C15H20F2N2O2. The van der Waals surface area contributed by atoms with Gasteiger partial charge in [-0.25, -0.2) is 13.8 Å². The Bertz CT molecular complexity index is 494. The third-order valence-corrected chi connectivity index (χ3v) is 3.42. The first-order chi connectivity index (χ1) is 9.98. The summed E-state index contributed by atoms with van der Waals surface area (Å²) in [5, 5.41) is 2.67. The number of nitrogens with zero attached hydrogens (tertiary/aromatic N) is 1. The Labute approximate surface area is 122 Å². The molecule has 1 heterocycles. The number of pyridine rings is 1. The van der Waals surface area contributed by atoms with Crippen LogP contribution in [-0.2, 0) is 11.2 Å². The number of halogens is 2. The summed E-state index contributed by atoms with van der Waals surface area (Å²) in [6.45, 7) is 2.35. The Morgan fingerprint density at radius 3 is 3.05 bits per heavy atom. The van der Waals surface area contributed by atoms with Gasteiger partial charge in [0.25, 0.3) is 0 Å². The largest absolute Gasteiger partial charge is 0.478 e. The van der Waals surface area contributed by atoms with Crippen molar-refractivity contribution in [2.45, 2.75) is 51.0 Å². The number of ether oxygens (including phenoxy) is 1. The number of carbonyl (C=O) groups excluding carboxylic acids is 1. The minimum atomic E-state index is -2.66. The van der Waals surface area contributed by atoms with E-state index in [9.17, 15) is 13.6 Å². The molecule has 1 atom stereocenters. The van der Waals surface area contributed by atoms with Gasteiger partial charge in [-0.15, -0.1) is 0 Å². The molecule has 0 spiro atoms. The summed E-state index contributed by atoms with van der Waals surface area (Å²) in [5.74, 6) is -2.48. The molecule has 116 valence electrons. The van der Waals surface area contributed by atoms with E-state index in [1.54, 1.807) is 18.2 Å². The zero-order chi connectivity index (χ0) is 15.3. The Kier molecular flexibility index (Phi) is 5.09. The Morgan fingerprint density at radius 2 is 2.33 bits per heavy atom. The average Bonchev–Trinajstić information content (AvgIpc) is 2.38. The topological polar surface area (TPSA) is 51.2 Å². The molecule has 0 aliphatic heterocycles. The number of amides is 1. The predicted octanol–water partition coefficient (Wildman–Crippen LogP) is 2.72. The van der Waals surface area contributed by atoms with Crippen molar-refractivity contribution in [2.24, 2.45) is 0 Å². The highest BCUT2D eigenvalue weighted by Gasteiger charge is 2.36. The molecule has 1 saturated carbocycles. The second-order valence-electron chi connectivity index (χ2n) is 5.29. The molecule has 0 aromatic carbocycles. The fourth-order valence-electron chi connectivity index (χ4n) is 2.52. The summed E-state index contributed by atoms with van der Waals surface area (Å²) >= 11 is 0. The summed E-state index contributed by atoms with van der Waals surface area (Å²) in [4.78, 5) is 16.1. The van der Waals surface area contributed by atoms with Crippen molar-refractivity contribution in [3.63, 3.8) is 0 Å². The number of rotatable bonds is 5. The van der Waals surface area contributed by atoms with Gasteiger partial charge < -0.3 is 10.1 Å². The van der Waals surface area contributed by atoms with E-state index in [2.05, 4.69) is 10.3 Å². The van der Waals surface area contributed by atoms with Crippen molar-refractivity contribution in [3.05, 3.63) is 23.9 Å². The number of hydrogen-bond acceptors (Lipinski definition) is 3. The molecule has 1 aliphatic rings. The number of aromatic nitrogens is 1. The van der Waals surface area contributed by atoms with Crippen LogP contribution in [0.4, 0.5) is 8.78 Å². The van der Waals surface area contributed by atoms with E-state index in [1.807, 2.05) is 6.92 Å². The lowest BCUT2D eigenvalue weighted by Gasteiger charge is -2.29. The summed E-state index contributed by atoms with van der Waals surface area (Å²) in [5.41, 5.74) is 0.570. The molecule has 21 heavy (non-hydrogen) atoms. The first-order valence-electron chi connectivity index (χ1n) is 7.24. The minimum Gasteiger partial charge on any atom is -0.478 e. The van der Waals surface area contributed by atoms with Crippen LogP contribution in [0, 0.1) is 0 Å². The number of carbonyl (C=O) groups is 1. The van der Waals surface area contributed by atoms with Gasteiger partial charge in [-0.3, -0.25) is 4.79 Å². The molecule has 0 saturated heterocycles. The van der Waals surface area contributed by atoms with Crippen molar-refractivity contribution in [1.29, 1.82) is 0 Å². The smallest absolute Gasteiger partial charge is 0.250 e. The van der Waals surface area contributed by atoms with Crippen LogP contribution in [0.3, 0.4) is 0 Å². The van der Waals surface area contributed by atoms with Crippen LogP contribution < -0.4 is 10.1 Å². The molecule has 1 aromatic heterocycles. The maximum absolute atomic E-state index is 13.3. The van der Waals surface area contributed by atoms with Gasteiger partial charge >= 0.3 is 0 Å². The van der Waals surface area contributed by atoms with E-state index in [0.29, 0.717) is 31.0 Å². The Balaban J connectivity index is 1.88. The monoisotopic (exact) mass is 298 g/mol. The molecule has 1 N–H and O–H groups in total. The number of nitrogens with one attached hydrogen (secondary N) is 1.